The number of carbonyl (C=O) groups excluding carboxylic acids is 3. The number of methoxy groups -OCH3 is 1. The van der Waals surface area contributed by atoms with E-state index in [1.165, 1.54) is 0 Å². The van der Waals surface area contributed by atoms with Crippen molar-refractivity contribution in [2.24, 2.45) is 11.8 Å². The summed E-state index contributed by atoms with van der Waals surface area (Å²) in [5, 5.41) is 3.64. The number of benzene rings is 2. The maximum atomic E-state index is 14.0. The zero-order valence-corrected chi connectivity index (χ0v) is 27.5. The second kappa shape index (κ2) is 14.8. The van der Waals surface area contributed by atoms with Crippen molar-refractivity contribution in [3.05, 3.63) is 73.3 Å². The molecule has 2 saturated carbocycles. The molecule has 10 heteroatoms. The van der Waals surface area contributed by atoms with Crippen LogP contribution in [0.5, 0.6) is 11.6 Å². The number of unbranched alkanes of at least 4 members (excludes halogenated alkanes) is 2. The van der Waals surface area contributed by atoms with Crippen molar-refractivity contribution in [3.8, 4) is 23.0 Å². The number of nitrogens with one attached hydrogen (secondary N) is 1. The molecule has 2 aromatic carbocycles. The van der Waals surface area contributed by atoms with Crippen molar-refractivity contribution in [1.29, 1.82) is 0 Å². The van der Waals surface area contributed by atoms with Gasteiger partial charge in [-0.3, -0.25) is 9.59 Å². The highest BCUT2D eigenvalue weighted by Crippen LogP contribution is 2.42. The first kappa shape index (κ1) is 33.6. The van der Waals surface area contributed by atoms with Gasteiger partial charge in [0.2, 0.25) is 17.7 Å². The van der Waals surface area contributed by atoms with Gasteiger partial charge in [-0.25, -0.2) is 9.78 Å². The zero-order chi connectivity index (χ0) is 33.6. The van der Waals surface area contributed by atoms with E-state index in [1.807, 2.05) is 54.6 Å². The first-order valence-electron chi connectivity index (χ1n) is 16.3. The van der Waals surface area contributed by atoms with Crippen LogP contribution in [0, 0.1) is 11.8 Å². The molecule has 0 saturated heterocycles. The Balaban J connectivity index is 1.45. The number of aromatic nitrogens is 2. The van der Waals surface area contributed by atoms with Crippen molar-refractivity contribution in [1.82, 2.24) is 20.2 Å². The van der Waals surface area contributed by atoms with Gasteiger partial charge in [0.15, 0.2) is 11.4 Å². The lowest BCUT2D eigenvalue weighted by Gasteiger charge is -2.42. The van der Waals surface area contributed by atoms with Crippen LogP contribution in [-0.2, 0) is 19.1 Å². The summed E-state index contributed by atoms with van der Waals surface area (Å²) in [5.41, 5.74) is 0.797. The summed E-state index contributed by atoms with van der Waals surface area (Å²) in [7, 11) is 3.37. The van der Waals surface area contributed by atoms with E-state index in [-0.39, 0.29) is 24.8 Å². The first-order valence-corrected chi connectivity index (χ1v) is 16.3. The fourth-order valence-corrected chi connectivity index (χ4v) is 6.41. The molecule has 0 aliphatic heterocycles. The third-order valence-corrected chi connectivity index (χ3v) is 9.25. The van der Waals surface area contributed by atoms with Crippen molar-refractivity contribution in [3.63, 3.8) is 0 Å². The van der Waals surface area contributed by atoms with E-state index in [2.05, 4.69) is 18.5 Å². The SMILES string of the molecule is C=CCCCCN(C)C(=O)[C@@H]1C[C@H](Oc2nc(-c3ccccc3)nc3cc(OC)ccc23)C[C@H]1C(=O)NC1(C(=O)OCC)CCC1=C. The van der Waals surface area contributed by atoms with Crippen molar-refractivity contribution < 1.29 is 28.6 Å². The highest BCUT2D eigenvalue weighted by Gasteiger charge is 2.53. The molecule has 0 spiro atoms. The Morgan fingerprint density at radius 1 is 1.09 bits per heavy atom. The number of esters is 1. The summed E-state index contributed by atoms with van der Waals surface area (Å²) in [5.74, 6) is -0.922. The molecule has 1 N–H and O–H groups in total. The van der Waals surface area contributed by atoms with Gasteiger partial charge in [0.05, 0.1) is 36.5 Å². The summed E-state index contributed by atoms with van der Waals surface area (Å²) in [4.78, 5) is 52.2. The van der Waals surface area contributed by atoms with Crippen LogP contribution < -0.4 is 14.8 Å². The Morgan fingerprint density at radius 3 is 2.51 bits per heavy atom. The Hall–Kier alpha value is -4.73. The van der Waals surface area contributed by atoms with E-state index in [9.17, 15) is 14.4 Å². The number of fused-ring (bicyclic) bond motifs is 1. The van der Waals surface area contributed by atoms with Gasteiger partial charge >= 0.3 is 5.97 Å². The van der Waals surface area contributed by atoms with Crippen LogP contribution in [0.15, 0.2) is 73.3 Å². The number of carbonyl (C=O) groups is 3. The van der Waals surface area contributed by atoms with Crippen LogP contribution in [-0.4, -0.2) is 71.6 Å². The van der Waals surface area contributed by atoms with Crippen LogP contribution in [0.25, 0.3) is 22.3 Å². The molecule has 0 radical (unpaired) electrons. The number of hydrogen-bond acceptors (Lipinski definition) is 8. The maximum absolute atomic E-state index is 14.0. The molecule has 4 atom stereocenters. The minimum atomic E-state index is -1.28. The average molecular weight is 641 g/mol. The van der Waals surface area contributed by atoms with E-state index in [0.29, 0.717) is 59.7 Å². The monoisotopic (exact) mass is 640 g/mol. The van der Waals surface area contributed by atoms with Crippen LogP contribution >= 0.6 is 0 Å². The van der Waals surface area contributed by atoms with Gasteiger partial charge in [0.25, 0.3) is 0 Å². The number of hydrogen-bond donors (Lipinski definition) is 1. The summed E-state index contributed by atoms with van der Waals surface area (Å²) in [6.07, 6.45) is 5.57. The van der Waals surface area contributed by atoms with E-state index >= 15 is 0 Å². The van der Waals surface area contributed by atoms with Crippen molar-refractivity contribution >= 4 is 28.7 Å². The van der Waals surface area contributed by atoms with Gasteiger partial charge in [-0.05, 0) is 69.6 Å². The molecule has 1 heterocycles. The summed E-state index contributed by atoms with van der Waals surface area (Å²) in [6, 6.07) is 15.1. The minimum absolute atomic E-state index is 0.130. The molecule has 1 aromatic heterocycles. The predicted molar refractivity (Wildman–Crippen MR) is 180 cm³/mol. The molecule has 3 aromatic rings. The summed E-state index contributed by atoms with van der Waals surface area (Å²) < 4.78 is 17.4. The summed E-state index contributed by atoms with van der Waals surface area (Å²) >= 11 is 0. The van der Waals surface area contributed by atoms with Gasteiger partial charge in [0, 0.05) is 25.2 Å². The molecule has 2 aliphatic carbocycles. The quantitative estimate of drug-likeness (QED) is 0.136. The third kappa shape index (κ3) is 7.16. The topological polar surface area (TPSA) is 120 Å². The minimum Gasteiger partial charge on any atom is -0.497 e. The van der Waals surface area contributed by atoms with Crippen LogP contribution in [0.4, 0.5) is 0 Å². The smallest absolute Gasteiger partial charge is 0.336 e. The lowest BCUT2D eigenvalue weighted by atomic mass is 9.72. The fraction of sp³-hybridized carbons (Fsp3) is 0.432. The molecule has 248 valence electrons. The molecule has 2 aliphatic rings. The lowest BCUT2D eigenvalue weighted by molar-refractivity contribution is -0.154. The molecule has 2 amide bonds. The largest absolute Gasteiger partial charge is 0.497 e. The van der Waals surface area contributed by atoms with Crippen molar-refractivity contribution in [2.45, 2.75) is 63.5 Å². The lowest BCUT2D eigenvalue weighted by Crippen LogP contribution is -2.62. The van der Waals surface area contributed by atoms with Gasteiger partial charge < -0.3 is 24.4 Å². The Morgan fingerprint density at radius 2 is 1.85 bits per heavy atom. The number of allylic oxidation sites excluding steroid dienone is 1. The van der Waals surface area contributed by atoms with Gasteiger partial charge in [-0.15, -0.1) is 6.58 Å². The van der Waals surface area contributed by atoms with E-state index in [0.717, 1.165) is 24.8 Å². The number of rotatable bonds is 14. The van der Waals surface area contributed by atoms with Crippen LogP contribution in [0.1, 0.15) is 51.9 Å². The highest BCUT2D eigenvalue weighted by molar-refractivity contribution is 5.95. The number of nitrogens with zero attached hydrogens (tertiary/aromatic N) is 3. The van der Waals surface area contributed by atoms with Crippen LogP contribution in [0.3, 0.4) is 0 Å². The predicted octanol–water partition coefficient (Wildman–Crippen LogP) is 5.66. The van der Waals surface area contributed by atoms with Crippen molar-refractivity contribution in [2.75, 3.05) is 27.3 Å². The standard InChI is InChI=1S/C37H44N4O6/c1-6-8-9-13-20-41(4)35(43)30-22-27(21-29(30)33(42)40-37(19-18-24(37)3)36(44)46-7-2)47-34-28-17-16-26(45-5)23-31(28)38-32(39-34)25-14-11-10-12-15-25/h6,10-12,14-17,23,27,29-30H,1,3,7-9,13,18-22H2,2,4-5H3,(H,40,42)/t27-,29-,30-,37?/m1/s1. The van der Waals surface area contributed by atoms with Gasteiger partial charge in [-0.2, -0.15) is 4.98 Å². The second-order valence-electron chi connectivity index (χ2n) is 12.3. The first-order chi connectivity index (χ1) is 22.7. The molecule has 10 nitrogen and oxygen atoms in total. The molecule has 1 unspecified atom stereocenters. The molecule has 2 fully saturated rings. The Bertz CT molecular complexity index is 1640. The molecule has 5 rings (SSSR count). The Kier molecular flexibility index (Phi) is 10.6. The third-order valence-electron chi connectivity index (χ3n) is 9.25. The van der Waals surface area contributed by atoms with Gasteiger partial charge in [0.1, 0.15) is 11.9 Å². The highest BCUT2D eigenvalue weighted by atomic mass is 16.5. The second-order valence-corrected chi connectivity index (χ2v) is 12.3. The van der Waals surface area contributed by atoms with E-state index in [4.69, 9.17) is 24.2 Å². The fourth-order valence-electron chi connectivity index (χ4n) is 6.41. The number of ether oxygens (including phenoxy) is 3. The molecular weight excluding hydrogens is 596 g/mol. The number of amides is 2. The summed E-state index contributed by atoms with van der Waals surface area (Å²) in [6.45, 7) is 10.3. The molecule has 0 bridgehead atoms. The van der Waals surface area contributed by atoms with Gasteiger partial charge in [-0.1, -0.05) is 43.0 Å². The van der Waals surface area contributed by atoms with E-state index < -0.39 is 29.4 Å². The van der Waals surface area contributed by atoms with E-state index in [1.54, 1.807) is 26.0 Å². The molecular formula is C37H44N4O6. The average Bonchev–Trinajstić information content (AvgIpc) is 3.51. The van der Waals surface area contributed by atoms with Crippen LogP contribution in [0.2, 0.25) is 0 Å². The Labute approximate surface area is 276 Å². The zero-order valence-electron chi connectivity index (χ0n) is 27.5. The normalized spacial score (nSPS) is 21.9. The maximum Gasteiger partial charge on any atom is 0.336 e. The molecule has 47 heavy (non-hydrogen) atoms.